The Balaban J connectivity index is 2.95. The zero-order chi connectivity index (χ0) is 11.4. The van der Waals surface area contributed by atoms with Crippen LogP contribution >= 0.6 is 0 Å². The van der Waals surface area contributed by atoms with Gasteiger partial charge in [0, 0.05) is 5.56 Å². The van der Waals surface area contributed by atoms with Gasteiger partial charge in [-0.05, 0) is 24.6 Å². The average molecular weight is 203 g/mol. The molecule has 0 aliphatic carbocycles. The lowest BCUT2D eigenvalue weighted by atomic mass is 10.1. The fourth-order valence-electron chi connectivity index (χ4n) is 1.13. The smallest absolute Gasteiger partial charge is 0.229 e. The minimum absolute atomic E-state index is 0.0450. The zero-order valence-corrected chi connectivity index (χ0v) is 8.50. The zero-order valence-electron chi connectivity index (χ0n) is 8.50. The molecule has 0 saturated carbocycles. The second-order valence-corrected chi connectivity index (χ2v) is 3.24. The van der Waals surface area contributed by atoms with Crippen LogP contribution in [0, 0.1) is 18.8 Å². The predicted octanol–water partition coefficient (Wildman–Crippen LogP) is 0.386. The van der Waals surface area contributed by atoms with Gasteiger partial charge in [0.25, 0.3) is 0 Å². The van der Waals surface area contributed by atoms with Crippen LogP contribution < -0.4 is 17.2 Å². The molecule has 6 N–H and O–H groups in total. The van der Waals surface area contributed by atoms with Gasteiger partial charge >= 0.3 is 0 Å². The van der Waals surface area contributed by atoms with Crippen molar-refractivity contribution in [3.8, 4) is 11.8 Å². The predicted molar refractivity (Wildman–Crippen MR) is 60.7 cm³/mol. The highest BCUT2D eigenvalue weighted by atomic mass is 16.1. The molecule has 0 saturated heterocycles. The summed E-state index contributed by atoms with van der Waals surface area (Å²) in [6.45, 7) is 1.85. The van der Waals surface area contributed by atoms with Gasteiger partial charge in [0.1, 0.15) is 0 Å². The first kappa shape index (κ1) is 10.9. The second-order valence-electron chi connectivity index (χ2n) is 3.24. The van der Waals surface area contributed by atoms with Crippen molar-refractivity contribution in [1.29, 1.82) is 0 Å². The Labute approximate surface area is 88.4 Å². The maximum absolute atomic E-state index is 10.5. The molecule has 4 nitrogen and oxygen atoms in total. The van der Waals surface area contributed by atoms with Crippen molar-refractivity contribution in [3.63, 3.8) is 0 Å². The number of benzene rings is 1. The first-order valence-corrected chi connectivity index (χ1v) is 4.43. The van der Waals surface area contributed by atoms with E-state index in [-0.39, 0.29) is 6.42 Å². The molecule has 0 fully saturated rings. The molecule has 1 rings (SSSR count). The molecule has 0 aliphatic rings. The maximum Gasteiger partial charge on any atom is 0.229 e. The van der Waals surface area contributed by atoms with Gasteiger partial charge in [-0.1, -0.05) is 11.8 Å². The third-order valence-electron chi connectivity index (χ3n) is 1.91. The Morgan fingerprint density at radius 2 is 2.07 bits per heavy atom. The van der Waals surface area contributed by atoms with E-state index >= 15 is 0 Å². The summed E-state index contributed by atoms with van der Waals surface area (Å²) < 4.78 is 0. The molecule has 1 aromatic carbocycles. The van der Waals surface area contributed by atoms with Gasteiger partial charge in [-0.25, -0.2) is 0 Å². The van der Waals surface area contributed by atoms with Crippen molar-refractivity contribution in [1.82, 2.24) is 0 Å². The van der Waals surface area contributed by atoms with Gasteiger partial charge < -0.3 is 17.2 Å². The van der Waals surface area contributed by atoms with Gasteiger partial charge in [0.05, 0.1) is 17.8 Å². The number of anilines is 2. The number of hydrogen-bond donors (Lipinski definition) is 3. The van der Waals surface area contributed by atoms with Gasteiger partial charge in [0.2, 0.25) is 5.91 Å². The molecular weight excluding hydrogens is 190 g/mol. The van der Waals surface area contributed by atoms with E-state index in [1.807, 2.05) is 13.0 Å². The molecule has 0 bridgehead atoms. The first-order valence-electron chi connectivity index (χ1n) is 4.43. The average Bonchev–Trinajstić information content (AvgIpc) is 2.13. The quantitative estimate of drug-likeness (QED) is 0.455. The number of primary amides is 1. The third kappa shape index (κ3) is 2.92. The highest BCUT2D eigenvalue weighted by Crippen LogP contribution is 2.20. The summed E-state index contributed by atoms with van der Waals surface area (Å²) in [7, 11) is 0. The van der Waals surface area contributed by atoms with Crippen molar-refractivity contribution in [3.05, 3.63) is 23.3 Å². The van der Waals surface area contributed by atoms with Crippen molar-refractivity contribution < 1.29 is 4.79 Å². The second kappa shape index (κ2) is 4.38. The minimum Gasteiger partial charge on any atom is -0.397 e. The maximum atomic E-state index is 10.5. The van der Waals surface area contributed by atoms with E-state index in [4.69, 9.17) is 17.2 Å². The van der Waals surface area contributed by atoms with Crippen LogP contribution in [0.4, 0.5) is 11.4 Å². The molecule has 0 unspecified atom stereocenters. The standard InChI is InChI=1S/C11H13N3O/c1-7-5-8(3-2-4-10(13)15)6-9(12)11(7)14/h5-6H,4,12,14H2,1H3,(H2,13,15). The summed E-state index contributed by atoms with van der Waals surface area (Å²) in [4.78, 5) is 10.5. The largest absolute Gasteiger partial charge is 0.397 e. The molecular formula is C11H13N3O. The van der Waals surface area contributed by atoms with Crippen molar-refractivity contribution in [2.45, 2.75) is 13.3 Å². The van der Waals surface area contributed by atoms with Gasteiger partial charge in [-0.3, -0.25) is 4.79 Å². The van der Waals surface area contributed by atoms with E-state index in [2.05, 4.69) is 11.8 Å². The summed E-state index contributed by atoms with van der Waals surface area (Å²) in [5.41, 5.74) is 19.0. The van der Waals surface area contributed by atoms with E-state index < -0.39 is 5.91 Å². The van der Waals surface area contributed by atoms with Crippen molar-refractivity contribution >= 4 is 17.3 Å². The van der Waals surface area contributed by atoms with E-state index in [1.165, 1.54) is 0 Å². The minimum atomic E-state index is -0.442. The van der Waals surface area contributed by atoms with Crippen molar-refractivity contribution in [2.24, 2.45) is 5.73 Å². The number of nitrogen functional groups attached to an aromatic ring is 2. The Morgan fingerprint density at radius 1 is 1.40 bits per heavy atom. The van der Waals surface area contributed by atoms with E-state index in [0.717, 1.165) is 11.1 Å². The van der Waals surface area contributed by atoms with Crippen LogP contribution in [0.5, 0.6) is 0 Å². The summed E-state index contributed by atoms with van der Waals surface area (Å²) in [6.07, 6.45) is 0.0450. The topological polar surface area (TPSA) is 95.1 Å². The molecule has 15 heavy (non-hydrogen) atoms. The highest BCUT2D eigenvalue weighted by molar-refractivity contribution is 5.77. The first-order chi connectivity index (χ1) is 7.00. The van der Waals surface area contributed by atoms with Crippen LogP contribution in [0.1, 0.15) is 17.5 Å². The van der Waals surface area contributed by atoms with Crippen LogP contribution in [0.2, 0.25) is 0 Å². The summed E-state index contributed by atoms with van der Waals surface area (Å²) in [5.74, 6) is 5.01. The van der Waals surface area contributed by atoms with Crippen LogP contribution in [0.25, 0.3) is 0 Å². The molecule has 1 aromatic rings. The molecule has 0 aliphatic heterocycles. The Morgan fingerprint density at radius 3 is 2.60 bits per heavy atom. The van der Waals surface area contributed by atoms with E-state index in [1.54, 1.807) is 6.07 Å². The van der Waals surface area contributed by atoms with Gasteiger partial charge in [-0.15, -0.1) is 0 Å². The molecule has 4 heteroatoms. The van der Waals surface area contributed by atoms with Crippen LogP contribution in [0.3, 0.4) is 0 Å². The normalized spacial score (nSPS) is 9.13. The Kier molecular flexibility index (Phi) is 3.19. The summed E-state index contributed by atoms with van der Waals surface area (Å²) in [6, 6.07) is 3.50. The fourth-order valence-corrected chi connectivity index (χ4v) is 1.13. The Bertz CT molecular complexity index is 432. The molecule has 0 atom stereocenters. The van der Waals surface area contributed by atoms with Gasteiger partial charge in [-0.2, -0.15) is 0 Å². The fraction of sp³-hybridized carbons (Fsp3) is 0.182. The number of rotatable bonds is 1. The molecule has 0 radical (unpaired) electrons. The van der Waals surface area contributed by atoms with Gasteiger partial charge in [0.15, 0.2) is 0 Å². The Hall–Kier alpha value is -2.15. The lowest BCUT2D eigenvalue weighted by Gasteiger charge is -2.04. The number of amides is 1. The third-order valence-corrected chi connectivity index (χ3v) is 1.91. The van der Waals surface area contributed by atoms with Crippen LogP contribution in [0.15, 0.2) is 12.1 Å². The number of aryl methyl sites for hydroxylation is 1. The highest BCUT2D eigenvalue weighted by Gasteiger charge is 1.99. The SMILES string of the molecule is Cc1cc(C#CCC(N)=O)cc(N)c1N. The van der Waals surface area contributed by atoms with Crippen molar-refractivity contribution in [2.75, 3.05) is 11.5 Å². The lowest BCUT2D eigenvalue weighted by molar-refractivity contribution is -0.117. The summed E-state index contributed by atoms with van der Waals surface area (Å²) in [5, 5.41) is 0. The molecule has 0 heterocycles. The number of carbonyl (C=O) groups is 1. The summed E-state index contributed by atoms with van der Waals surface area (Å²) >= 11 is 0. The molecule has 1 amide bonds. The molecule has 78 valence electrons. The number of carbonyl (C=O) groups excluding carboxylic acids is 1. The van der Waals surface area contributed by atoms with E-state index in [0.29, 0.717) is 11.4 Å². The monoisotopic (exact) mass is 203 g/mol. The number of hydrogen-bond acceptors (Lipinski definition) is 3. The number of nitrogens with two attached hydrogens (primary N) is 3. The molecule has 0 aromatic heterocycles. The van der Waals surface area contributed by atoms with Crippen LogP contribution in [-0.2, 0) is 4.79 Å². The lowest BCUT2D eigenvalue weighted by Crippen LogP contribution is -2.08. The van der Waals surface area contributed by atoms with Crippen LogP contribution in [-0.4, -0.2) is 5.91 Å². The molecule has 0 spiro atoms. The van der Waals surface area contributed by atoms with E-state index in [9.17, 15) is 4.79 Å².